The normalized spacial score (nSPS) is 28.3. The molecule has 0 aliphatic heterocycles. The van der Waals surface area contributed by atoms with E-state index in [1.807, 2.05) is 0 Å². The smallest absolute Gasteiger partial charge is 0.0315 e. The van der Waals surface area contributed by atoms with Gasteiger partial charge in [-0.25, -0.2) is 0 Å². The van der Waals surface area contributed by atoms with Gasteiger partial charge in [-0.3, -0.25) is 0 Å². The molecule has 118 valence electrons. The van der Waals surface area contributed by atoms with E-state index in [-0.39, 0.29) is 5.41 Å². The van der Waals surface area contributed by atoms with Gasteiger partial charge in [-0.2, -0.15) is 0 Å². The summed E-state index contributed by atoms with van der Waals surface area (Å²) in [5, 5.41) is 0. The van der Waals surface area contributed by atoms with E-state index in [4.69, 9.17) is 0 Å². The van der Waals surface area contributed by atoms with E-state index < -0.39 is 0 Å². The van der Waals surface area contributed by atoms with Crippen LogP contribution in [-0.2, 0) is 5.41 Å². The van der Waals surface area contributed by atoms with Crippen LogP contribution in [0.2, 0.25) is 0 Å². The van der Waals surface area contributed by atoms with Crippen molar-refractivity contribution < 1.29 is 0 Å². The van der Waals surface area contributed by atoms with Crippen molar-refractivity contribution in [3.63, 3.8) is 0 Å². The van der Waals surface area contributed by atoms with Gasteiger partial charge in [-0.05, 0) is 30.2 Å². The SMILES string of the molecule is CCCCC1C=CC(CC2CCCC2)(c2ccccc2)C=C1. The molecule has 0 heterocycles. The van der Waals surface area contributed by atoms with Gasteiger partial charge in [0.15, 0.2) is 0 Å². The standard InChI is InChI=1S/C22H30/c1-2-3-9-19-14-16-22(17-15-19,18-20-10-7-8-11-20)21-12-5-4-6-13-21/h4-6,12-17,19-20H,2-3,7-11,18H2,1H3. The lowest BCUT2D eigenvalue weighted by molar-refractivity contribution is 0.418. The summed E-state index contributed by atoms with van der Waals surface area (Å²) in [4.78, 5) is 0. The van der Waals surface area contributed by atoms with Gasteiger partial charge in [0.2, 0.25) is 0 Å². The van der Waals surface area contributed by atoms with Crippen LogP contribution in [0.15, 0.2) is 54.6 Å². The summed E-state index contributed by atoms with van der Waals surface area (Å²) in [6, 6.07) is 11.1. The lowest BCUT2D eigenvalue weighted by atomic mass is 9.70. The first-order valence-corrected chi connectivity index (χ1v) is 9.27. The van der Waals surface area contributed by atoms with Gasteiger partial charge in [-0.15, -0.1) is 0 Å². The van der Waals surface area contributed by atoms with Crippen LogP contribution in [-0.4, -0.2) is 0 Å². The molecule has 3 rings (SSSR count). The van der Waals surface area contributed by atoms with Crippen LogP contribution in [0.25, 0.3) is 0 Å². The first kappa shape index (κ1) is 15.6. The van der Waals surface area contributed by atoms with Crippen LogP contribution < -0.4 is 0 Å². The summed E-state index contributed by atoms with van der Waals surface area (Å²) in [5.41, 5.74) is 1.63. The highest BCUT2D eigenvalue weighted by Crippen LogP contribution is 2.42. The van der Waals surface area contributed by atoms with Crippen LogP contribution in [0.1, 0.15) is 63.9 Å². The lowest BCUT2D eigenvalue weighted by Gasteiger charge is -2.34. The van der Waals surface area contributed by atoms with Crippen molar-refractivity contribution in [3.05, 3.63) is 60.2 Å². The maximum Gasteiger partial charge on any atom is 0.0315 e. The number of unbranched alkanes of at least 4 members (excludes halogenated alkanes) is 1. The largest absolute Gasteiger partial charge is 0.0804 e. The lowest BCUT2D eigenvalue weighted by Crippen LogP contribution is -2.26. The summed E-state index contributed by atoms with van der Waals surface area (Å²) in [6.07, 6.45) is 21.0. The molecule has 1 saturated carbocycles. The van der Waals surface area contributed by atoms with Gasteiger partial charge in [0.05, 0.1) is 0 Å². The molecular weight excluding hydrogens is 264 g/mol. The van der Waals surface area contributed by atoms with Crippen molar-refractivity contribution in [2.75, 3.05) is 0 Å². The van der Waals surface area contributed by atoms with Crippen LogP contribution in [0.4, 0.5) is 0 Å². The molecule has 0 spiro atoms. The second-order valence-electron chi connectivity index (χ2n) is 7.29. The molecule has 0 unspecified atom stereocenters. The molecule has 0 bridgehead atoms. The quantitative estimate of drug-likeness (QED) is 0.530. The molecule has 0 radical (unpaired) electrons. The van der Waals surface area contributed by atoms with E-state index in [1.165, 1.54) is 56.9 Å². The van der Waals surface area contributed by atoms with E-state index in [9.17, 15) is 0 Å². The van der Waals surface area contributed by atoms with E-state index in [0.29, 0.717) is 5.92 Å². The molecule has 0 nitrogen and oxygen atoms in total. The average Bonchev–Trinajstić information content (AvgIpc) is 3.08. The fraction of sp³-hybridized carbons (Fsp3) is 0.545. The molecule has 0 heteroatoms. The van der Waals surface area contributed by atoms with Gasteiger partial charge in [0.1, 0.15) is 0 Å². The van der Waals surface area contributed by atoms with Crippen molar-refractivity contribution in [1.82, 2.24) is 0 Å². The second kappa shape index (κ2) is 7.31. The Morgan fingerprint density at radius 3 is 2.32 bits per heavy atom. The minimum absolute atomic E-state index is 0.152. The molecule has 1 aromatic rings. The third-order valence-electron chi connectivity index (χ3n) is 5.59. The molecule has 1 fully saturated rings. The van der Waals surface area contributed by atoms with E-state index in [0.717, 1.165) is 5.92 Å². The summed E-state index contributed by atoms with van der Waals surface area (Å²) in [7, 11) is 0. The molecule has 0 amide bonds. The van der Waals surface area contributed by atoms with Gasteiger partial charge in [0, 0.05) is 5.41 Å². The number of hydrogen-bond donors (Lipinski definition) is 0. The minimum atomic E-state index is 0.152. The topological polar surface area (TPSA) is 0 Å². The number of rotatable bonds is 6. The van der Waals surface area contributed by atoms with Crippen LogP contribution >= 0.6 is 0 Å². The molecule has 2 aliphatic carbocycles. The summed E-state index contributed by atoms with van der Waals surface area (Å²) in [6.45, 7) is 2.28. The molecule has 0 atom stereocenters. The molecule has 2 aliphatic rings. The minimum Gasteiger partial charge on any atom is -0.0804 e. The van der Waals surface area contributed by atoms with Crippen LogP contribution in [0, 0.1) is 11.8 Å². The Morgan fingerprint density at radius 2 is 1.68 bits per heavy atom. The first-order chi connectivity index (χ1) is 10.8. The molecule has 1 aromatic carbocycles. The number of benzene rings is 1. The zero-order chi connectivity index (χ0) is 15.3. The van der Waals surface area contributed by atoms with Crippen molar-refractivity contribution in [3.8, 4) is 0 Å². The predicted octanol–water partition coefficient (Wildman–Crippen LogP) is 6.44. The van der Waals surface area contributed by atoms with Crippen LogP contribution in [0.5, 0.6) is 0 Å². The third-order valence-corrected chi connectivity index (χ3v) is 5.59. The second-order valence-corrected chi connectivity index (χ2v) is 7.29. The zero-order valence-corrected chi connectivity index (χ0v) is 14.0. The maximum atomic E-state index is 2.53. The Labute approximate surface area is 136 Å². The Balaban J connectivity index is 1.80. The van der Waals surface area contributed by atoms with E-state index >= 15 is 0 Å². The highest BCUT2D eigenvalue weighted by atomic mass is 14.4. The van der Waals surface area contributed by atoms with Crippen molar-refractivity contribution >= 4 is 0 Å². The van der Waals surface area contributed by atoms with Gasteiger partial charge in [0.25, 0.3) is 0 Å². The van der Waals surface area contributed by atoms with Crippen molar-refractivity contribution in [1.29, 1.82) is 0 Å². The Bertz CT molecular complexity index is 488. The molecule has 0 N–H and O–H groups in total. The summed E-state index contributed by atoms with van der Waals surface area (Å²) < 4.78 is 0. The van der Waals surface area contributed by atoms with E-state index in [2.05, 4.69) is 61.6 Å². The number of allylic oxidation sites excluding steroid dienone is 4. The number of hydrogen-bond acceptors (Lipinski definition) is 0. The maximum absolute atomic E-state index is 2.53. The third kappa shape index (κ3) is 3.54. The zero-order valence-electron chi connectivity index (χ0n) is 14.0. The monoisotopic (exact) mass is 294 g/mol. The Kier molecular flexibility index (Phi) is 5.18. The molecule has 0 saturated heterocycles. The average molecular weight is 294 g/mol. The van der Waals surface area contributed by atoms with Crippen molar-refractivity contribution in [2.24, 2.45) is 11.8 Å². The van der Waals surface area contributed by atoms with Crippen molar-refractivity contribution in [2.45, 2.75) is 63.7 Å². The van der Waals surface area contributed by atoms with Gasteiger partial charge >= 0.3 is 0 Å². The van der Waals surface area contributed by atoms with E-state index in [1.54, 1.807) is 0 Å². The Morgan fingerprint density at radius 1 is 1.00 bits per heavy atom. The molecular formula is C22H30. The highest BCUT2D eigenvalue weighted by Gasteiger charge is 2.33. The molecule has 0 aromatic heterocycles. The summed E-state index contributed by atoms with van der Waals surface area (Å²) in [5.74, 6) is 1.56. The first-order valence-electron chi connectivity index (χ1n) is 9.27. The predicted molar refractivity (Wildman–Crippen MR) is 96.0 cm³/mol. The van der Waals surface area contributed by atoms with Crippen LogP contribution in [0.3, 0.4) is 0 Å². The fourth-order valence-corrected chi connectivity index (χ4v) is 4.23. The summed E-state index contributed by atoms with van der Waals surface area (Å²) >= 11 is 0. The van der Waals surface area contributed by atoms with Gasteiger partial charge in [-0.1, -0.05) is 100 Å². The molecule has 22 heavy (non-hydrogen) atoms. The Hall–Kier alpha value is -1.30. The van der Waals surface area contributed by atoms with Gasteiger partial charge < -0.3 is 0 Å². The fourth-order valence-electron chi connectivity index (χ4n) is 4.23. The highest BCUT2D eigenvalue weighted by molar-refractivity contribution is 5.40.